The topological polar surface area (TPSA) is 20.3 Å². The van der Waals surface area contributed by atoms with Gasteiger partial charge in [-0.2, -0.15) is 13.2 Å². The summed E-state index contributed by atoms with van der Waals surface area (Å²) in [5.41, 5.74) is 0.620. The summed E-state index contributed by atoms with van der Waals surface area (Å²) in [5.74, 6) is -1.56. The van der Waals surface area contributed by atoms with Crippen LogP contribution in [0.2, 0.25) is 0 Å². The first-order valence-electron chi connectivity index (χ1n) is 7.26. The number of hydrogen-bond donors (Lipinski definition) is 0. The van der Waals surface area contributed by atoms with Crippen molar-refractivity contribution < 1.29 is 18.0 Å². The highest BCUT2D eigenvalue weighted by Gasteiger charge is 2.41. The van der Waals surface area contributed by atoms with Gasteiger partial charge in [0.1, 0.15) is 0 Å². The molecule has 0 radical (unpaired) electrons. The molecular formula is C16H20F3NO. The molecule has 0 bridgehead atoms. The van der Waals surface area contributed by atoms with E-state index in [2.05, 4.69) is 0 Å². The van der Waals surface area contributed by atoms with Crippen molar-refractivity contribution in [3.05, 3.63) is 35.9 Å². The standard InChI is InChI=1S/C16H20F3NO/c1-12(15(21)13-6-3-2-4-7-13)10-20-9-5-8-14(11-20)16(17,18)19/h2-4,6-7,12,14H,5,8-11H2,1H3. The van der Waals surface area contributed by atoms with Crippen LogP contribution < -0.4 is 0 Å². The van der Waals surface area contributed by atoms with E-state index in [0.717, 1.165) is 0 Å². The van der Waals surface area contributed by atoms with Crippen molar-refractivity contribution in [1.29, 1.82) is 0 Å². The number of nitrogens with zero attached hydrogens (tertiary/aromatic N) is 1. The molecule has 1 heterocycles. The van der Waals surface area contributed by atoms with Gasteiger partial charge in [-0.1, -0.05) is 37.3 Å². The number of halogens is 3. The third-order valence-electron chi connectivity index (χ3n) is 4.01. The lowest BCUT2D eigenvalue weighted by Crippen LogP contribution is -2.44. The van der Waals surface area contributed by atoms with Gasteiger partial charge in [-0.3, -0.25) is 4.79 Å². The number of ketones is 1. The van der Waals surface area contributed by atoms with Crippen molar-refractivity contribution in [1.82, 2.24) is 4.90 Å². The van der Waals surface area contributed by atoms with Gasteiger partial charge >= 0.3 is 6.18 Å². The van der Waals surface area contributed by atoms with Crippen LogP contribution in [0.3, 0.4) is 0 Å². The molecule has 0 amide bonds. The maximum absolute atomic E-state index is 12.8. The van der Waals surface area contributed by atoms with Crippen LogP contribution in [0, 0.1) is 11.8 Å². The fourth-order valence-electron chi connectivity index (χ4n) is 2.85. The summed E-state index contributed by atoms with van der Waals surface area (Å²) in [6.07, 6.45) is -3.40. The fraction of sp³-hybridized carbons (Fsp3) is 0.562. The average molecular weight is 299 g/mol. The second-order valence-corrected chi connectivity index (χ2v) is 5.77. The molecule has 0 aliphatic carbocycles. The van der Waals surface area contributed by atoms with E-state index in [1.807, 2.05) is 6.07 Å². The van der Waals surface area contributed by atoms with Crippen LogP contribution in [-0.4, -0.2) is 36.5 Å². The summed E-state index contributed by atoms with van der Waals surface area (Å²) < 4.78 is 38.3. The number of carbonyl (C=O) groups is 1. The summed E-state index contributed by atoms with van der Waals surface area (Å²) in [6, 6.07) is 8.90. The van der Waals surface area contributed by atoms with E-state index in [1.165, 1.54) is 0 Å². The van der Waals surface area contributed by atoms with Crippen molar-refractivity contribution in [2.75, 3.05) is 19.6 Å². The van der Waals surface area contributed by atoms with E-state index in [0.29, 0.717) is 25.1 Å². The highest BCUT2D eigenvalue weighted by molar-refractivity contribution is 5.97. The first-order valence-corrected chi connectivity index (χ1v) is 7.26. The Hall–Kier alpha value is -1.36. The van der Waals surface area contributed by atoms with E-state index >= 15 is 0 Å². The first-order chi connectivity index (χ1) is 9.88. The van der Waals surface area contributed by atoms with Gasteiger partial charge in [0, 0.05) is 24.6 Å². The SMILES string of the molecule is CC(CN1CCCC(C(F)(F)F)C1)C(=O)c1ccccc1. The summed E-state index contributed by atoms with van der Waals surface area (Å²) in [7, 11) is 0. The number of benzene rings is 1. The molecule has 0 saturated carbocycles. The lowest BCUT2D eigenvalue weighted by atomic mass is 9.94. The number of piperidine rings is 1. The predicted octanol–water partition coefficient (Wildman–Crippen LogP) is 3.78. The van der Waals surface area contributed by atoms with Gasteiger partial charge in [-0.25, -0.2) is 0 Å². The second kappa shape index (κ2) is 6.60. The molecule has 2 rings (SSSR count). The highest BCUT2D eigenvalue weighted by Crippen LogP contribution is 2.33. The molecule has 1 saturated heterocycles. The van der Waals surface area contributed by atoms with E-state index < -0.39 is 12.1 Å². The van der Waals surface area contributed by atoms with Gasteiger partial charge in [0.2, 0.25) is 0 Å². The maximum atomic E-state index is 12.8. The Kier molecular flexibility index (Phi) is 5.04. The molecule has 0 N–H and O–H groups in total. The molecule has 1 aromatic carbocycles. The van der Waals surface area contributed by atoms with Gasteiger partial charge in [-0.15, -0.1) is 0 Å². The van der Waals surface area contributed by atoms with Gasteiger partial charge in [0.25, 0.3) is 0 Å². The van der Waals surface area contributed by atoms with Gasteiger partial charge in [0.05, 0.1) is 5.92 Å². The van der Waals surface area contributed by atoms with Gasteiger partial charge in [-0.05, 0) is 19.4 Å². The lowest BCUT2D eigenvalue weighted by Gasteiger charge is -2.34. The van der Waals surface area contributed by atoms with Crippen LogP contribution in [0.4, 0.5) is 13.2 Å². The molecule has 1 aliphatic rings. The molecule has 2 unspecified atom stereocenters. The maximum Gasteiger partial charge on any atom is 0.393 e. The van der Waals surface area contributed by atoms with Crippen molar-refractivity contribution in [2.45, 2.75) is 25.9 Å². The number of rotatable bonds is 4. The van der Waals surface area contributed by atoms with E-state index in [9.17, 15) is 18.0 Å². The predicted molar refractivity (Wildman–Crippen MR) is 75.2 cm³/mol. The second-order valence-electron chi connectivity index (χ2n) is 5.77. The summed E-state index contributed by atoms with van der Waals surface area (Å²) >= 11 is 0. The zero-order chi connectivity index (χ0) is 15.5. The summed E-state index contributed by atoms with van der Waals surface area (Å²) in [6.45, 7) is 2.82. The molecule has 116 valence electrons. The van der Waals surface area contributed by atoms with Crippen LogP contribution in [0.25, 0.3) is 0 Å². The number of hydrogen-bond acceptors (Lipinski definition) is 2. The minimum absolute atomic E-state index is 0.00951. The zero-order valence-corrected chi connectivity index (χ0v) is 12.1. The third kappa shape index (κ3) is 4.30. The molecule has 1 aromatic rings. The Balaban J connectivity index is 1.93. The first kappa shape index (κ1) is 16.0. The van der Waals surface area contributed by atoms with E-state index in [1.54, 1.807) is 36.1 Å². The Morgan fingerprint density at radius 2 is 2.00 bits per heavy atom. The van der Waals surface area contributed by atoms with Crippen molar-refractivity contribution >= 4 is 5.78 Å². The smallest absolute Gasteiger partial charge is 0.302 e. The molecule has 1 aliphatic heterocycles. The minimum atomic E-state index is -4.13. The molecule has 2 atom stereocenters. The normalized spacial score (nSPS) is 22.0. The molecular weight excluding hydrogens is 279 g/mol. The molecule has 5 heteroatoms. The highest BCUT2D eigenvalue weighted by atomic mass is 19.4. The van der Waals surface area contributed by atoms with Crippen molar-refractivity contribution in [3.8, 4) is 0 Å². The third-order valence-corrected chi connectivity index (χ3v) is 4.01. The summed E-state index contributed by atoms with van der Waals surface area (Å²) in [4.78, 5) is 14.0. The Morgan fingerprint density at radius 3 is 2.62 bits per heavy atom. The minimum Gasteiger partial charge on any atom is -0.302 e. The lowest BCUT2D eigenvalue weighted by molar-refractivity contribution is -0.186. The van der Waals surface area contributed by atoms with Crippen LogP contribution in [0.5, 0.6) is 0 Å². The fourth-order valence-corrected chi connectivity index (χ4v) is 2.85. The number of alkyl halides is 3. The Labute approximate surface area is 122 Å². The number of likely N-dealkylation sites (tertiary alicyclic amines) is 1. The Morgan fingerprint density at radius 1 is 1.33 bits per heavy atom. The summed E-state index contributed by atoms with van der Waals surface area (Å²) in [5, 5.41) is 0. The number of Topliss-reactive ketones (excluding diaryl/α,β-unsaturated/α-hetero) is 1. The van der Waals surface area contributed by atoms with E-state index in [-0.39, 0.29) is 24.7 Å². The molecule has 2 nitrogen and oxygen atoms in total. The monoisotopic (exact) mass is 299 g/mol. The van der Waals surface area contributed by atoms with Gasteiger partial charge in [0.15, 0.2) is 5.78 Å². The van der Waals surface area contributed by atoms with Crippen molar-refractivity contribution in [2.24, 2.45) is 11.8 Å². The zero-order valence-electron chi connectivity index (χ0n) is 12.1. The number of carbonyl (C=O) groups excluding carboxylic acids is 1. The van der Waals surface area contributed by atoms with Crippen LogP contribution >= 0.6 is 0 Å². The average Bonchev–Trinajstić information content (AvgIpc) is 2.47. The van der Waals surface area contributed by atoms with Gasteiger partial charge < -0.3 is 4.90 Å². The van der Waals surface area contributed by atoms with Crippen LogP contribution in [-0.2, 0) is 0 Å². The molecule has 1 fully saturated rings. The molecule has 21 heavy (non-hydrogen) atoms. The van der Waals surface area contributed by atoms with Crippen LogP contribution in [0.15, 0.2) is 30.3 Å². The van der Waals surface area contributed by atoms with Crippen molar-refractivity contribution in [3.63, 3.8) is 0 Å². The molecule has 0 spiro atoms. The largest absolute Gasteiger partial charge is 0.393 e. The quantitative estimate of drug-likeness (QED) is 0.789. The Bertz CT molecular complexity index is 472. The van der Waals surface area contributed by atoms with Crippen LogP contribution in [0.1, 0.15) is 30.1 Å². The molecule has 0 aromatic heterocycles. The van der Waals surface area contributed by atoms with E-state index in [4.69, 9.17) is 0 Å².